The maximum absolute atomic E-state index is 12.8. The number of likely N-dealkylation sites (tertiary alicyclic amines) is 1. The maximum atomic E-state index is 12.8. The number of hydrogen-bond donors (Lipinski definition) is 1. The molecule has 1 heterocycles. The van der Waals surface area contributed by atoms with Crippen molar-refractivity contribution >= 4 is 0 Å². The normalized spacial score (nSPS) is 21.1. The molecular formula is C15H20F3NO. The summed E-state index contributed by atoms with van der Waals surface area (Å²) in [6.45, 7) is 3.56. The van der Waals surface area contributed by atoms with E-state index >= 15 is 0 Å². The molecule has 1 unspecified atom stereocenters. The molecule has 1 aromatic carbocycles. The lowest BCUT2D eigenvalue weighted by Crippen LogP contribution is -2.38. The van der Waals surface area contributed by atoms with Crippen LogP contribution in [0.3, 0.4) is 0 Å². The summed E-state index contributed by atoms with van der Waals surface area (Å²) in [4.78, 5) is 2.25. The largest absolute Gasteiger partial charge is 0.507 e. The van der Waals surface area contributed by atoms with Gasteiger partial charge in [0.05, 0.1) is 5.56 Å². The summed E-state index contributed by atoms with van der Waals surface area (Å²) in [6.07, 6.45) is -0.0871. The Morgan fingerprint density at radius 2 is 2.05 bits per heavy atom. The number of aromatic hydroxyl groups is 1. The summed E-state index contributed by atoms with van der Waals surface area (Å²) in [5.74, 6) is -0.702. The first-order valence-electron chi connectivity index (χ1n) is 7.05. The standard InChI is InChI=1S/C15H20F3NO/c1-2-12-5-3-4-8-19(12)10-11-6-7-14(20)13(9-11)15(16,17)18/h6-7,9,12,20H,2-5,8,10H2,1H3. The SMILES string of the molecule is CCC1CCCCN1Cc1ccc(O)c(C(F)(F)F)c1. The van der Waals surface area contributed by atoms with Crippen LogP contribution < -0.4 is 0 Å². The Labute approximate surface area is 117 Å². The molecule has 1 aromatic rings. The number of phenols is 1. The van der Waals surface area contributed by atoms with Gasteiger partial charge < -0.3 is 5.11 Å². The molecule has 1 N–H and O–H groups in total. The van der Waals surface area contributed by atoms with Crippen molar-refractivity contribution in [3.05, 3.63) is 29.3 Å². The second-order valence-electron chi connectivity index (χ2n) is 5.38. The van der Waals surface area contributed by atoms with Gasteiger partial charge in [-0.25, -0.2) is 0 Å². The fraction of sp³-hybridized carbons (Fsp3) is 0.600. The van der Waals surface area contributed by atoms with Crippen LogP contribution >= 0.6 is 0 Å². The zero-order valence-electron chi connectivity index (χ0n) is 11.6. The molecule has 0 aromatic heterocycles. The van der Waals surface area contributed by atoms with Crippen molar-refractivity contribution in [2.45, 2.75) is 51.4 Å². The maximum Gasteiger partial charge on any atom is 0.419 e. The zero-order chi connectivity index (χ0) is 14.8. The molecule has 2 rings (SSSR count). The third-order valence-electron chi connectivity index (χ3n) is 3.97. The first kappa shape index (κ1) is 15.2. The van der Waals surface area contributed by atoms with Gasteiger partial charge in [0.15, 0.2) is 0 Å². The summed E-state index contributed by atoms with van der Waals surface area (Å²) in [7, 11) is 0. The summed E-state index contributed by atoms with van der Waals surface area (Å²) in [6, 6.07) is 4.23. The Kier molecular flexibility index (Phi) is 4.58. The highest BCUT2D eigenvalue weighted by atomic mass is 19.4. The minimum atomic E-state index is -4.51. The number of halogens is 3. The molecule has 1 saturated heterocycles. The van der Waals surface area contributed by atoms with Crippen molar-refractivity contribution in [1.82, 2.24) is 4.90 Å². The van der Waals surface area contributed by atoms with Crippen molar-refractivity contribution in [2.24, 2.45) is 0 Å². The molecular weight excluding hydrogens is 267 g/mol. The smallest absolute Gasteiger partial charge is 0.419 e. The monoisotopic (exact) mass is 287 g/mol. The molecule has 0 radical (unpaired) electrons. The number of nitrogens with zero attached hydrogens (tertiary/aromatic N) is 1. The van der Waals surface area contributed by atoms with E-state index in [9.17, 15) is 18.3 Å². The molecule has 0 spiro atoms. The Bertz CT molecular complexity index is 459. The van der Waals surface area contributed by atoms with E-state index in [-0.39, 0.29) is 0 Å². The van der Waals surface area contributed by atoms with Crippen LogP contribution in [0.1, 0.15) is 43.7 Å². The van der Waals surface area contributed by atoms with E-state index < -0.39 is 17.5 Å². The van der Waals surface area contributed by atoms with E-state index in [0.29, 0.717) is 18.2 Å². The van der Waals surface area contributed by atoms with Gasteiger partial charge in [-0.3, -0.25) is 4.90 Å². The van der Waals surface area contributed by atoms with Crippen molar-refractivity contribution in [3.8, 4) is 5.75 Å². The van der Waals surface area contributed by atoms with Crippen LogP contribution in [0.2, 0.25) is 0 Å². The highest BCUT2D eigenvalue weighted by Crippen LogP contribution is 2.36. The predicted molar refractivity (Wildman–Crippen MR) is 71.4 cm³/mol. The second-order valence-corrected chi connectivity index (χ2v) is 5.38. The minimum absolute atomic E-state index is 0.451. The molecule has 0 amide bonds. The van der Waals surface area contributed by atoms with Crippen molar-refractivity contribution in [2.75, 3.05) is 6.54 Å². The second kappa shape index (κ2) is 6.04. The van der Waals surface area contributed by atoms with Crippen LogP contribution in [-0.4, -0.2) is 22.6 Å². The molecule has 1 atom stereocenters. The average molecular weight is 287 g/mol. The van der Waals surface area contributed by atoms with Crippen LogP contribution in [-0.2, 0) is 12.7 Å². The number of piperidine rings is 1. The van der Waals surface area contributed by atoms with Crippen molar-refractivity contribution < 1.29 is 18.3 Å². The van der Waals surface area contributed by atoms with E-state index in [4.69, 9.17) is 0 Å². The summed E-state index contributed by atoms with van der Waals surface area (Å²) in [5.41, 5.74) is -0.337. The topological polar surface area (TPSA) is 23.5 Å². The molecule has 5 heteroatoms. The van der Waals surface area contributed by atoms with E-state index in [2.05, 4.69) is 11.8 Å². The van der Waals surface area contributed by atoms with Gasteiger partial charge in [-0.15, -0.1) is 0 Å². The number of rotatable bonds is 3. The highest BCUT2D eigenvalue weighted by Gasteiger charge is 2.34. The van der Waals surface area contributed by atoms with Gasteiger partial charge in [0.2, 0.25) is 0 Å². The number of alkyl halides is 3. The van der Waals surface area contributed by atoms with Gasteiger partial charge >= 0.3 is 6.18 Å². The minimum Gasteiger partial charge on any atom is -0.507 e. The van der Waals surface area contributed by atoms with Crippen LogP contribution in [0.5, 0.6) is 5.75 Å². The van der Waals surface area contributed by atoms with E-state index in [1.807, 2.05) is 0 Å². The van der Waals surface area contributed by atoms with Crippen LogP contribution in [0, 0.1) is 0 Å². The van der Waals surface area contributed by atoms with Gasteiger partial charge in [-0.1, -0.05) is 19.4 Å². The van der Waals surface area contributed by atoms with Crippen molar-refractivity contribution in [1.29, 1.82) is 0 Å². The van der Waals surface area contributed by atoms with E-state index in [0.717, 1.165) is 37.9 Å². The van der Waals surface area contributed by atoms with Gasteiger partial charge in [0.1, 0.15) is 5.75 Å². The molecule has 0 aliphatic carbocycles. The molecule has 2 nitrogen and oxygen atoms in total. The summed E-state index contributed by atoms with van der Waals surface area (Å²) >= 11 is 0. The molecule has 20 heavy (non-hydrogen) atoms. The molecule has 1 aliphatic rings. The summed E-state index contributed by atoms with van der Waals surface area (Å²) in [5, 5.41) is 9.34. The first-order chi connectivity index (χ1) is 9.41. The molecule has 0 saturated carbocycles. The van der Waals surface area contributed by atoms with E-state index in [1.165, 1.54) is 6.42 Å². The van der Waals surface area contributed by atoms with Crippen LogP contribution in [0.4, 0.5) is 13.2 Å². The first-order valence-corrected chi connectivity index (χ1v) is 7.05. The van der Waals surface area contributed by atoms with E-state index in [1.54, 1.807) is 6.07 Å². The number of benzene rings is 1. The lowest BCUT2D eigenvalue weighted by molar-refractivity contribution is -0.138. The Morgan fingerprint density at radius 1 is 1.30 bits per heavy atom. The highest BCUT2D eigenvalue weighted by molar-refractivity contribution is 5.38. The summed E-state index contributed by atoms with van der Waals surface area (Å²) < 4.78 is 38.3. The van der Waals surface area contributed by atoms with Gasteiger partial charge in [0, 0.05) is 12.6 Å². The Balaban J connectivity index is 2.17. The van der Waals surface area contributed by atoms with Crippen molar-refractivity contribution in [3.63, 3.8) is 0 Å². The predicted octanol–water partition coefficient (Wildman–Crippen LogP) is 4.18. The number of phenolic OH excluding ortho intramolecular Hbond substituents is 1. The van der Waals surface area contributed by atoms with Gasteiger partial charge in [-0.05, 0) is 43.5 Å². The molecule has 1 fully saturated rings. The van der Waals surface area contributed by atoms with Gasteiger partial charge in [-0.2, -0.15) is 13.2 Å². The quantitative estimate of drug-likeness (QED) is 0.901. The third-order valence-corrected chi connectivity index (χ3v) is 3.97. The van der Waals surface area contributed by atoms with Crippen LogP contribution in [0.25, 0.3) is 0 Å². The van der Waals surface area contributed by atoms with Crippen LogP contribution in [0.15, 0.2) is 18.2 Å². The average Bonchev–Trinajstić information content (AvgIpc) is 2.40. The molecule has 112 valence electrons. The molecule has 0 bridgehead atoms. The zero-order valence-corrected chi connectivity index (χ0v) is 11.6. The lowest BCUT2D eigenvalue weighted by Gasteiger charge is -2.35. The Morgan fingerprint density at radius 3 is 2.70 bits per heavy atom. The molecule has 1 aliphatic heterocycles. The fourth-order valence-electron chi connectivity index (χ4n) is 2.87. The fourth-order valence-corrected chi connectivity index (χ4v) is 2.87. The Hall–Kier alpha value is -1.23. The lowest BCUT2D eigenvalue weighted by atomic mass is 9.99. The number of hydrogen-bond acceptors (Lipinski definition) is 2. The third kappa shape index (κ3) is 3.45. The van der Waals surface area contributed by atoms with Gasteiger partial charge in [0.25, 0.3) is 0 Å².